The van der Waals surface area contributed by atoms with E-state index in [4.69, 9.17) is 4.74 Å². The molecule has 1 saturated heterocycles. The quantitative estimate of drug-likeness (QED) is 0.713. The fraction of sp³-hybridized carbons (Fsp3) is 0.222. The van der Waals surface area contributed by atoms with Crippen molar-refractivity contribution in [1.82, 2.24) is 15.2 Å². The minimum Gasteiger partial charge on any atom is -0.379 e. The number of carbonyl (C=O) groups excluding carboxylic acids is 2. The molecule has 0 aromatic heterocycles. The van der Waals surface area contributed by atoms with Gasteiger partial charge in [-0.1, -0.05) is 0 Å². The van der Waals surface area contributed by atoms with Crippen molar-refractivity contribution in [1.29, 1.82) is 0 Å². The van der Waals surface area contributed by atoms with E-state index in [0.29, 0.717) is 0 Å². The van der Waals surface area contributed by atoms with E-state index in [1.165, 1.54) is 16.4 Å². The number of carbonyl (C=O) groups is 2. The van der Waals surface area contributed by atoms with Crippen LogP contribution in [0.25, 0.3) is 0 Å². The Morgan fingerprint density at radius 1 is 0.931 bits per heavy atom. The zero-order valence-electron chi connectivity index (χ0n) is 15.0. The monoisotopic (exact) mass is 425 g/mol. The summed E-state index contributed by atoms with van der Waals surface area (Å²) in [6.45, 7) is 0.774. The van der Waals surface area contributed by atoms with Gasteiger partial charge in [0, 0.05) is 18.7 Å². The van der Waals surface area contributed by atoms with Crippen LogP contribution in [0.4, 0.5) is 8.78 Å². The normalized spacial score (nSPS) is 15.0. The van der Waals surface area contributed by atoms with Crippen LogP contribution in [0.15, 0.2) is 47.4 Å². The lowest BCUT2D eigenvalue weighted by atomic mass is 10.2. The van der Waals surface area contributed by atoms with Gasteiger partial charge in [0.25, 0.3) is 11.8 Å². The van der Waals surface area contributed by atoms with Gasteiger partial charge in [0.2, 0.25) is 10.0 Å². The Labute approximate surface area is 165 Å². The molecule has 2 amide bonds. The Balaban J connectivity index is 1.74. The van der Waals surface area contributed by atoms with Gasteiger partial charge in [0.05, 0.1) is 23.7 Å². The van der Waals surface area contributed by atoms with Crippen molar-refractivity contribution >= 4 is 21.8 Å². The van der Waals surface area contributed by atoms with Gasteiger partial charge in [0.15, 0.2) is 0 Å². The molecular weight excluding hydrogens is 408 g/mol. The van der Waals surface area contributed by atoms with Crippen LogP contribution in [-0.2, 0) is 14.8 Å². The molecule has 0 spiro atoms. The van der Waals surface area contributed by atoms with Crippen LogP contribution >= 0.6 is 0 Å². The average Bonchev–Trinajstić information content (AvgIpc) is 2.73. The Bertz CT molecular complexity index is 1020. The molecule has 3 rings (SSSR count). The van der Waals surface area contributed by atoms with Gasteiger partial charge in [-0.05, 0) is 42.5 Å². The molecule has 2 aromatic rings. The molecule has 0 aliphatic carbocycles. The first kappa shape index (κ1) is 20.8. The molecule has 0 radical (unpaired) electrons. The summed E-state index contributed by atoms with van der Waals surface area (Å²) >= 11 is 0. The largest absolute Gasteiger partial charge is 0.379 e. The fourth-order valence-electron chi connectivity index (χ4n) is 2.63. The van der Waals surface area contributed by atoms with Gasteiger partial charge in [0.1, 0.15) is 11.6 Å². The van der Waals surface area contributed by atoms with Crippen LogP contribution in [0.1, 0.15) is 20.7 Å². The van der Waals surface area contributed by atoms with E-state index >= 15 is 0 Å². The molecule has 0 atom stereocenters. The number of nitrogens with one attached hydrogen (secondary N) is 2. The first-order valence-electron chi connectivity index (χ1n) is 8.53. The zero-order valence-corrected chi connectivity index (χ0v) is 15.8. The van der Waals surface area contributed by atoms with Gasteiger partial charge in [-0.25, -0.2) is 17.2 Å². The van der Waals surface area contributed by atoms with Crippen molar-refractivity contribution in [3.05, 3.63) is 65.2 Å². The lowest BCUT2D eigenvalue weighted by Gasteiger charge is -2.26. The molecule has 1 aliphatic rings. The minimum atomic E-state index is -3.93. The summed E-state index contributed by atoms with van der Waals surface area (Å²) in [6.07, 6.45) is 0. The Morgan fingerprint density at radius 2 is 1.55 bits per heavy atom. The van der Waals surface area contributed by atoms with E-state index in [0.717, 1.165) is 30.3 Å². The topological polar surface area (TPSA) is 105 Å². The average molecular weight is 425 g/mol. The second-order valence-corrected chi connectivity index (χ2v) is 8.01. The predicted octanol–water partition coefficient (Wildman–Crippen LogP) is 1.06. The molecule has 0 saturated carbocycles. The predicted molar refractivity (Wildman–Crippen MR) is 97.3 cm³/mol. The third-order valence-electron chi connectivity index (χ3n) is 4.19. The fourth-order valence-corrected chi connectivity index (χ4v) is 4.06. The van der Waals surface area contributed by atoms with E-state index in [9.17, 15) is 26.8 Å². The minimum absolute atomic E-state index is 0.0656. The smallest absolute Gasteiger partial charge is 0.272 e. The van der Waals surface area contributed by atoms with Crippen LogP contribution < -0.4 is 10.9 Å². The van der Waals surface area contributed by atoms with E-state index < -0.39 is 39.0 Å². The summed E-state index contributed by atoms with van der Waals surface area (Å²) in [5, 5.41) is 0. The zero-order chi connectivity index (χ0) is 21.0. The number of morpholine rings is 1. The highest BCUT2D eigenvalue weighted by atomic mass is 32.2. The molecular formula is C18H17F2N3O5S. The maximum absolute atomic E-state index is 14.1. The van der Waals surface area contributed by atoms with Crippen LogP contribution in [0, 0.1) is 11.6 Å². The van der Waals surface area contributed by atoms with E-state index in [-0.39, 0.29) is 36.8 Å². The maximum Gasteiger partial charge on any atom is 0.272 e. The molecule has 1 aliphatic heterocycles. The van der Waals surface area contributed by atoms with Gasteiger partial charge in [-0.2, -0.15) is 4.31 Å². The van der Waals surface area contributed by atoms with Crippen molar-refractivity contribution in [2.24, 2.45) is 0 Å². The van der Waals surface area contributed by atoms with Gasteiger partial charge < -0.3 is 4.74 Å². The third-order valence-corrected chi connectivity index (χ3v) is 6.08. The number of hydrogen-bond acceptors (Lipinski definition) is 5. The molecule has 1 heterocycles. The van der Waals surface area contributed by atoms with Gasteiger partial charge in [-0.15, -0.1) is 0 Å². The van der Waals surface area contributed by atoms with Crippen LogP contribution in [0.2, 0.25) is 0 Å². The highest BCUT2D eigenvalue weighted by Crippen LogP contribution is 2.20. The SMILES string of the molecule is O=C(NNC(=O)c1cc(S(=O)(=O)N2CCOCC2)ccc1F)c1ccc(F)cc1. The highest BCUT2D eigenvalue weighted by Gasteiger charge is 2.28. The summed E-state index contributed by atoms with van der Waals surface area (Å²) in [4.78, 5) is 24.0. The highest BCUT2D eigenvalue weighted by molar-refractivity contribution is 7.89. The summed E-state index contributed by atoms with van der Waals surface area (Å²) in [7, 11) is -3.93. The molecule has 0 unspecified atom stereocenters. The van der Waals surface area contributed by atoms with Crippen molar-refractivity contribution in [3.63, 3.8) is 0 Å². The standard InChI is InChI=1S/C18H17F2N3O5S/c19-13-3-1-12(2-4-13)17(24)21-22-18(25)15-11-14(5-6-16(15)20)29(26,27)23-7-9-28-10-8-23/h1-6,11H,7-10H2,(H,21,24)(H,22,25). The van der Waals surface area contributed by atoms with Crippen molar-refractivity contribution in [2.75, 3.05) is 26.3 Å². The van der Waals surface area contributed by atoms with Crippen molar-refractivity contribution < 1.29 is 31.5 Å². The first-order chi connectivity index (χ1) is 13.8. The number of hydrazine groups is 1. The molecule has 2 N–H and O–H groups in total. The summed E-state index contributed by atoms with van der Waals surface area (Å²) in [5.41, 5.74) is 3.58. The number of halogens is 2. The molecule has 2 aromatic carbocycles. The van der Waals surface area contributed by atoms with E-state index in [1.807, 2.05) is 5.43 Å². The Morgan fingerprint density at radius 3 is 2.21 bits per heavy atom. The maximum atomic E-state index is 14.1. The number of nitrogens with zero attached hydrogens (tertiary/aromatic N) is 1. The van der Waals surface area contributed by atoms with Crippen LogP contribution in [-0.4, -0.2) is 50.8 Å². The Kier molecular flexibility index (Phi) is 6.20. The lowest BCUT2D eigenvalue weighted by Crippen LogP contribution is -2.42. The summed E-state index contributed by atoms with van der Waals surface area (Å²) in [6, 6.07) is 7.37. The second kappa shape index (κ2) is 8.64. The summed E-state index contributed by atoms with van der Waals surface area (Å²) < 4.78 is 58.6. The second-order valence-electron chi connectivity index (χ2n) is 6.07. The van der Waals surface area contributed by atoms with E-state index in [1.54, 1.807) is 0 Å². The number of rotatable bonds is 4. The number of sulfonamides is 1. The number of benzene rings is 2. The lowest BCUT2D eigenvalue weighted by molar-refractivity contribution is 0.0730. The van der Waals surface area contributed by atoms with Crippen LogP contribution in [0.3, 0.4) is 0 Å². The first-order valence-corrected chi connectivity index (χ1v) is 9.97. The number of hydrogen-bond donors (Lipinski definition) is 2. The number of ether oxygens (including phenoxy) is 1. The molecule has 11 heteroatoms. The third kappa shape index (κ3) is 4.75. The molecule has 8 nitrogen and oxygen atoms in total. The summed E-state index contributed by atoms with van der Waals surface area (Å²) in [5.74, 6) is -3.29. The Hall–Kier alpha value is -2.89. The molecule has 154 valence electrons. The molecule has 0 bridgehead atoms. The van der Waals surface area contributed by atoms with Gasteiger partial charge in [-0.3, -0.25) is 20.4 Å². The number of amides is 2. The van der Waals surface area contributed by atoms with Gasteiger partial charge >= 0.3 is 0 Å². The van der Waals surface area contributed by atoms with Crippen LogP contribution in [0.5, 0.6) is 0 Å². The molecule has 29 heavy (non-hydrogen) atoms. The van der Waals surface area contributed by atoms with Crippen molar-refractivity contribution in [2.45, 2.75) is 4.90 Å². The molecule has 1 fully saturated rings. The van der Waals surface area contributed by atoms with Crippen molar-refractivity contribution in [3.8, 4) is 0 Å². The van der Waals surface area contributed by atoms with E-state index in [2.05, 4.69) is 5.43 Å².